The number of nitrogens with zero attached hydrogens (tertiary/aromatic N) is 5. The molecule has 1 amide bonds. The van der Waals surface area contributed by atoms with Crippen LogP contribution in [0.15, 0.2) is 90.1 Å². The van der Waals surface area contributed by atoms with Crippen LogP contribution in [0.5, 0.6) is 0 Å². The van der Waals surface area contributed by atoms with Gasteiger partial charge in [0, 0.05) is 64.3 Å². The van der Waals surface area contributed by atoms with Crippen LogP contribution in [-0.4, -0.2) is 70.5 Å². The third kappa shape index (κ3) is 8.45. The van der Waals surface area contributed by atoms with E-state index < -0.39 is 6.04 Å². The highest BCUT2D eigenvalue weighted by atomic mass is 35.5. The molecule has 274 valence electrons. The average molecular weight is 750 g/mol. The van der Waals surface area contributed by atoms with Crippen molar-refractivity contribution in [1.29, 1.82) is 0 Å². The minimum atomic E-state index is -0.516. The minimum Gasteiger partial charge on any atom is -0.378 e. The first kappa shape index (κ1) is 36.7. The van der Waals surface area contributed by atoms with Gasteiger partial charge in [0.2, 0.25) is 5.91 Å². The smallest absolute Gasteiger partial charge is 0.222 e. The maximum Gasteiger partial charge on any atom is 0.222 e. The fourth-order valence-electron chi connectivity index (χ4n) is 6.69. The summed E-state index contributed by atoms with van der Waals surface area (Å²) in [4.78, 5) is 19.6. The van der Waals surface area contributed by atoms with Crippen molar-refractivity contribution in [3.63, 3.8) is 0 Å². The molecular formula is C41H44ClN7O3S. The number of aliphatic imine (C=N–C) groups is 1. The second kappa shape index (κ2) is 17.0. The second-order valence-corrected chi connectivity index (χ2v) is 14.8. The number of carbonyl (C=O) groups excluding carboxylic acids is 1. The number of ether oxygens (including phenoxy) is 2. The van der Waals surface area contributed by atoms with Crippen molar-refractivity contribution in [1.82, 2.24) is 30.0 Å². The predicted molar refractivity (Wildman–Crippen MR) is 212 cm³/mol. The highest BCUT2D eigenvalue weighted by Gasteiger charge is 2.32. The number of aryl methyl sites for hydroxylation is 2. The molecule has 4 heterocycles. The number of aromatic nitrogens is 4. The number of halogens is 1. The molecule has 0 radical (unpaired) electrons. The van der Waals surface area contributed by atoms with E-state index in [1.54, 1.807) is 11.3 Å². The Labute approximate surface area is 318 Å². The molecule has 0 spiro atoms. The number of hydrogen-bond acceptors (Lipinski definition) is 8. The molecule has 0 unspecified atom stereocenters. The van der Waals surface area contributed by atoms with E-state index in [4.69, 9.17) is 26.1 Å². The van der Waals surface area contributed by atoms with Crippen molar-refractivity contribution in [2.24, 2.45) is 4.99 Å². The van der Waals surface area contributed by atoms with Gasteiger partial charge in [-0.05, 0) is 61.7 Å². The summed E-state index contributed by atoms with van der Waals surface area (Å²) < 4.78 is 15.9. The maximum atomic E-state index is 13.2. The van der Waals surface area contributed by atoms with Gasteiger partial charge in [-0.25, -0.2) is 0 Å². The summed E-state index contributed by atoms with van der Waals surface area (Å²) in [6.07, 6.45) is 2.29. The number of nitrogens with one attached hydrogen (secondary N) is 2. The molecule has 0 fully saturated rings. The Bertz CT molecular complexity index is 2210. The van der Waals surface area contributed by atoms with Gasteiger partial charge < -0.3 is 24.7 Å². The molecular weight excluding hydrogens is 706 g/mol. The number of thiophene rings is 1. The molecule has 0 saturated carbocycles. The lowest BCUT2D eigenvalue weighted by Gasteiger charge is -2.13. The van der Waals surface area contributed by atoms with Gasteiger partial charge in [-0.1, -0.05) is 66.2 Å². The van der Waals surface area contributed by atoms with E-state index in [2.05, 4.69) is 98.5 Å². The molecule has 0 saturated heterocycles. The molecule has 1 atom stereocenters. The average Bonchev–Trinajstić information content (AvgIpc) is 3.81. The normalized spacial score (nSPS) is 13.8. The zero-order chi connectivity index (χ0) is 36.7. The van der Waals surface area contributed by atoms with Crippen molar-refractivity contribution in [2.75, 3.05) is 39.5 Å². The quantitative estimate of drug-likeness (QED) is 0.102. The van der Waals surface area contributed by atoms with Crippen LogP contribution in [0.2, 0.25) is 5.02 Å². The van der Waals surface area contributed by atoms with Gasteiger partial charge in [0.1, 0.15) is 16.9 Å². The van der Waals surface area contributed by atoms with E-state index in [0.717, 1.165) is 52.9 Å². The number of fused-ring (bicyclic) bond motifs is 4. The van der Waals surface area contributed by atoms with Crippen LogP contribution in [0.3, 0.4) is 0 Å². The SMILES string of the molecule is Cc1sc2c(c1C)C(c1ccc(Cl)cc1)=N[C@@H](CC(=O)NCCOCCOCCNCc1cccc3c1ccn3Cc1ccccc1)c1nnc(C)n1-2. The molecule has 2 N–H and O–H groups in total. The van der Waals surface area contributed by atoms with E-state index in [-0.39, 0.29) is 12.3 Å². The Kier molecular flexibility index (Phi) is 11.8. The molecule has 6 aromatic rings. The van der Waals surface area contributed by atoms with Crippen LogP contribution in [0.4, 0.5) is 0 Å². The van der Waals surface area contributed by atoms with Gasteiger partial charge >= 0.3 is 0 Å². The molecule has 0 bridgehead atoms. The summed E-state index contributed by atoms with van der Waals surface area (Å²) in [6.45, 7) is 10.8. The Morgan fingerprint density at radius 3 is 2.45 bits per heavy atom. The van der Waals surface area contributed by atoms with E-state index in [1.807, 2.05) is 37.3 Å². The first-order valence-corrected chi connectivity index (χ1v) is 19.2. The highest BCUT2D eigenvalue weighted by molar-refractivity contribution is 7.15. The Hall–Kier alpha value is -4.65. The van der Waals surface area contributed by atoms with E-state index in [0.29, 0.717) is 43.8 Å². The maximum absolute atomic E-state index is 13.2. The Morgan fingerprint density at radius 2 is 1.66 bits per heavy atom. The van der Waals surface area contributed by atoms with Crippen LogP contribution >= 0.6 is 22.9 Å². The van der Waals surface area contributed by atoms with Crippen molar-refractivity contribution >= 4 is 45.5 Å². The number of benzene rings is 3. The third-order valence-corrected chi connectivity index (χ3v) is 11.0. The van der Waals surface area contributed by atoms with Crippen LogP contribution in [0.25, 0.3) is 15.9 Å². The number of rotatable bonds is 16. The van der Waals surface area contributed by atoms with Crippen LogP contribution in [0.1, 0.15) is 56.8 Å². The first-order chi connectivity index (χ1) is 25.9. The first-order valence-electron chi connectivity index (χ1n) is 18.0. The van der Waals surface area contributed by atoms with Crippen LogP contribution < -0.4 is 10.6 Å². The largest absolute Gasteiger partial charge is 0.378 e. The van der Waals surface area contributed by atoms with Crippen molar-refractivity contribution < 1.29 is 14.3 Å². The number of carbonyl (C=O) groups is 1. The molecule has 1 aliphatic heterocycles. The molecule has 1 aliphatic rings. The highest BCUT2D eigenvalue weighted by Crippen LogP contribution is 2.39. The van der Waals surface area contributed by atoms with E-state index >= 15 is 0 Å². The number of hydrogen-bond donors (Lipinski definition) is 2. The van der Waals surface area contributed by atoms with Gasteiger partial charge in [0.25, 0.3) is 0 Å². The Morgan fingerprint density at radius 1 is 0.887 bits per heavy atom. The minimum absolute atomic E-state index is 0.131. The van der Waals surface area contributed by atoms with Crippen molar-refractivity contribution in [3.05, 3.63) is 134 Å². The van der Waals surface area contributed by atoms with E-state index in [9.17, 15) is 4.79 Å². The molecule has 3 aromatic heterocycles. The predicted octanol–water partition coefficient (Wildman–Crippen LogP) is 7.13. The lowest BCUT2D eigenvalue weighted by Crippen LogP contribution is -2.29. The van der Waals surface area contributed by atoms with Crippen LogP contribution in [-0.2, 0) is 27.4 Å². The topological polar surface area (TPSA) is 108 Å². The van der Waals surface area contributed by atoms with Crippen molar-refractivity contribution in [2.45, 2.75) is 46.3 Å². The molecule has 0 aliphatic carbocycles. The van der Waals surface area contributed by atoms with Gasteiger partial charge in [-0.3, -0.25) is 14.4 Å². The zero-order valence-electron chi connectivity index (χ0n) is 30.3. The summed E-state index contributed by atoms with van der Waals surface area (Å²) in [5.41, 5.74) is 7.75. The third-order valence-electron chi connectivity index (χ3n) is 9.51. The summed E-state index contributed by atoms with van der Waals surface area (Å²) in [7, 11) is 0. The van der Waals surface area contributed by atoms with Gasteiger partial charge in [-0.15, -0.1) is 21.5 Å². The monoisotopic (exact) mass is 749 g/mol. The lowest BCUT2D eigenvalue weighted by molar-refractivity contribution is -0.121. The van der Waals surface area contributed by atoms with E-state index in [1.165, 1.54) is 26.9 Å². The van der Waals surface area contributed by atoms with Crippen LogP contribution in [0, 0.1) is 20.8 Å². The molecule has 3 aromatic carbocycles. The van der Waals surface area contributed by atoms with Gasteiger partial charge in [0.15, 0.2) is 5.82 Å². The summed E-state index contributed by atoms with van der Waals surface area (Å²) in [5.74, 6) is 1.28. The fourth-order valence-corrected chi connectivity index (χ4v) is 8.03. The Balaban J connectivity index is 0.839. The molecule has 53 heavy (non-hydrogen) atoms. The van der Waals surface area contributed by atoms with Gasteiger partial charge in [-0.2, -0.15) is 0 Å². The van der Waals surface area contributed by atoms with Crippen molar-refractivity contribution in [3.8, 4) is 5.00 Å². The summed E-state index contributed by atoms with van der Waals surface area (Å²) >= 11 is 7.91. The zero-order valence-corrected chi connectivity index (χ0v) is 31.8. The summed E-state index contributed by atoms with van der Waals surface area (Å²) in [6, 6.07) is 26.3. The molecule has 12 heteroatoms. The standard InChI is InChI=1S/C41H44ClN7O3S/c1-27-28(2)53-41-38(27)39(31-12-14-33(42)15-13-31)45-35(40-47-46-29(3)49(40)41)24-37(50)44-18-21-52-23-22-51-20-17-43-25-32-10-7-11-36-34(32)16-19-48(36)26-30-8-5-4-6-9-30/h4-16,19,35,43H,17-18,20-26H2,1-3H3,(H,44,50)/t35-/m0/s1. The number of amides is 1. The fraction of sp³-hybridized carbons (Fsp3) is 0.317. The van der Waals surface area contributed by atoms with Gasteiger partial charge in [0.05, 0.1) is 38.6 Å². The molecule has 10 nitrogen and oxygen atoms in total. The molecule has 7 rings (SSSR count). The second-order valence-electron chi connectivity index (χ2n) is 13.1. The summed E-state index contributed by atoms with van der Waals surface area (Å²) in [5, 5.41) is 18.3. The lowest BCUT2D eigenvalue weighted by atomic mass is 9.99.